The van der Waals surface area contributed by atoms with Gasteiger partial charge in [-0.3, -0.25) is 4.79 Å². The average molecular weight is 321 g/mol. The SMILES string of the molecule is O=C1Nc2ccc(Br)cc2/C1=C\N1CCCCCC1. The van der Waals surface area contributed by atoms with Crippen LogP contribution in [0.25, 0.3) is 5.57 Å². The summed E-state index contributed by atoms with van der Waals surface area (Å²) >= 11 is 3.47. The molecule has 1 saturated heterocycles. The van der Waals surface area contributed by atoms with Gasteiger partial charge < -0.3 is 10.2 Å². The molecule has 1 amide bonds. The highest BCUT2D eigenvalue weighted by atomic mass is 79.9. The lowest BCUT2D eigenvalue weighted by Crippen LogP contribution is -2.19. The van der Waals surface area contributed by atoms with E-state index >= 15 is 0 Å². The fourth-order valence-corrected chi connectivity index (χ4v) is 3.06. The average Bonchev–Trinajstić information content (AvgIpc) is 2.58. The zero-order valence-corrected chi connectivity index (χ0v) is 12.4. The monoisotopic (exact) mass is 320 g/mol. The highest BCUT2D eigenvalue weighted by Gasteiger charge is 2.25. The summed E-state index contributed by atoms with van der Waals surface area (Å²) in [5.41, 5.74) is 2.70. The lowest BCUT2D eigenvalue weighted by atomic mass is 10.1. The summed E-state index contributed by atoms with van der Waals surface area (Å²) in [7, 11) is 0. The Morgan fingerprint density at radius 1 is 1.16 bits per heavy atom. The van der Waals surface area contributed by atoms with Gasteiger partial charge in [0.1, 0.15) is 0 Å². The van der Waals surface area contributed by atoms with Gasteiger partial charge in [0, 0.05) is 35.0 Å². The van der Waals surface area contributed by atoms with Gasteiger partial charge in [-0.2, -0.15) is 0 Å². The zero-order chi connectivity index (χ0) is 13.2. The summed E-state index contributed by atoms with van der Waals surface area (Å²) in [5.74, 6) is 0.0114. The summed E-state index contributed by atoms with van der Waals surface area (Å²) in [4.78, 5) is 14.4. The maximum Gasteiger partial charge on any atom is 0.257 e. The predicted octanol–water partition coefficient (Wildman–Crippen LogP) is 3.62. The Hall–Kier alpha value is -1.29. The molecular formula is C15H17BrN2O. The summed E-state index contributed by atoms with van der Waals surface area (Å²) in [6.07, 6.45) is 7.08. The van der Waals surface area contributed by atoms with Crippen molar-refractivity contribution in [2.75, 3.05) is 18.4 Å². The van der Waals surface area contributed by atoms with Gasteiger partial charge in [0.15, 0.2) is 0 Å². The summed E-state index contributed by atoms with van der Waals surface area (Å²) in [6, 6.07) is 5.91. The van der Waals surface area contributed by atoms with E-state index in [-0.39, 0.29) is 5.91 Å². The minimum atomic E-state index is 0.0114. The number of nitrogens with one attached hydrogen (secondary N) is 1. The van der Waals surface area contributed by atoms with Crippen molar-refractivity contribution in [1.82, 2.24) is 4.90 Å². The molecule has 1 N–H and O–H groups in total. The number of amides is 1. The quantitative estimate of drug-likeness (QED) is 0.801. The maximum atomic E-state index is 12.1. The van der Waals surface area contributed by atoms with E-state index in [1.54, 1.807) is 0 Å². The van der Waals surface area contributed by atoms with Crippen molar-refractivity contribution in [2.45, 2.75) is 25.7 Å². The Morgan fingerprint density at radius 2 is 1.89 bits per heavy atom. The molecule has 0 unspecified atom stereocenters. The minimum Gasteiger partial charge on any atom is -0.377 e. The standard InChI is InChI=1S/C15H17BrN2O/c16-11-5-6-14-12(9-11)13(15(19)17-14)10-18-7-3-1-2-4-8-18/h5-6,9-10H,1-4,7-8H2,(H,17,19)/b13-10+. The number of likely N-dealkylation sites (tertiary alicyclic amines) is 1. The first-order chi connectivity index (χ1) is 9.24. The summed E-state index contributed by atoms with van der Waals surface area (Å²) < 4.78 is 1.00. The van der Waals surface area contributed by atoms with Crippen LogP contribution in [0.1, 0.15) is 31.2 Å². The molecular weight excluding hydrogens is 304 g/mol. The van der Waals surface area contributed by atoms with Crippen molar-refractivity contribution < 1.29 is 4.79 Å². The van der Waals surface area contributed by atoms with Gasteiger partial charge in [0.25, 0.3) is 5.91 Å². The van der Waals surface area contributed by atoms with E-state index < -0.39 is 0 Å². The molecule has 0 radical (unpaired) electrons. The van der Waals surface area contributed by atoms with Crippen LogP contribution < -0.4 is 5.32 Å². The highest BCUT2D eigenvalue weighted by Crippen LogP contribution is 2.34. The van der Waals surface area contributed by atoms with Crippen LogP contribution in [0.2, 0.25) is 0 Å². The first kappa shape index (κ1) is 12.7. The van der Waals surface area contributed by atoms with Gasteiger partial charge in [0.05, 0.1) is 5.57 Å². The van der Waals surface area contributed by atoms with Crippen LogP contribution in [0, 0.1) is 0 Å². The van der Waals surface area contributed by atoms with Gasteiger partial charge >= 0.3 is 0 Å². The second-order valence-electron chi connectivity index (χ2n) is 5.14. The lowest BCUT2D eigenvalue weighted by Gasteiger charge is -2.18. The van der Waals surface area contributed by atoms with E-state index in [1.165, 1.54) is 25.7 Å². The van der Waals surface area contributed by atoms with Crippen molar-refractivity contribution in [2.24, 2.45) is 0 Å². The highest BCUT2D eigenvalue weighted by molar-refractivity contribution is 9.10. The van der Waals surface area contributed by atoms with Crippen LogP contribution in [0.4, 0.5) is 5.69 Å². The molecule has 0 saturated carbocycles. The molecule has 4 heteroatoms. The molecule has 0 atom stereocenters. The Morgan fingerprint density at radius 3 is 2.63 bits per heavy atom. The molecule has 100 valence electrons. The van der Waals surface area contributed by atoms with E-state index in [0.29, 0.717) is 0 Å². The molecule has 1 aromatic carbocycles. The van der Waals surface area contributed by atoms with Crippen molar-refractivity contribution in [3.05, 3.63) is 34.4 Å². The second kappa shape index (κ2) is 5.37. The van der Waals surface area contributed by atoms with Crippen LogP contribution in [0.15, 0.2) is 28.9 Å². The maximum absolute atomic E-state index is 12.1. The van der Waals surface area contributed by atoms with Crippen molar-refractivity contribution >= 4 is 33.1 Å². The smallest absolute Gasteiger partial charge is 0.257 e. The number of benzene rings is 1. The van der Waals surface area contributed by atoms with Crippen molar-refractivity contribution in [3.8, 4) is 0 Å². The molecule has 0 aliphatic carbocycles. The molecule has 2 aliphatic heterocycles. The number of rotatable bonds is 1. The summed E-state index contributed by atoms with van der Waals surface area (Å²) in [5, 5.41) is 2.93. The van der Waals surface area contributed by atoms with Gasteiger partial charge in [-0.25, -0.2) is 0 Å². The second-order valence-corrected chi connectivity index (χ2v) is 6.05. The van der Waals surface area contributed by atoms with Crippen LogP contribution >= 0.6 is 15.9 Å². The largest absolute Gasteiger partial charge is 0.377 e. The first-order valence-corrected chi connectivity index (χ1v) is 7.60. The molecule has 0 aromatic heterocycles. The van der Waals surface area contributed by atoms with Gasteiger partial charge in [0.2, 0.25) is 0 Å². The van der Waals surface area contributed by atoms with E-state index in [1.807, 2.05) is 24.4 Å². The fraction of sp³-hybridized carbons (Fsp3) is 0.400. The minimum absolute atomic E-state index is 0.0114. The number of nitrogens with zero attached hydrogens (tertiary/aromatic N) is 1. The van der Waals surface area contributed by atoms with Gasteiger partial charge in [-0.1, -0.05) is 28.8 Å². The molecule has 3 rings (SSSR count). The molecule has 0 spiro atoms. The molecule has 1 aromatic rings. The third kappa shape index (κ3) is 2.68. The molecule has 0 bridgehead atoms. The molecule has 3 nitrogen and oxygen atoms in total. The van der Waals surface area contributed by atoms with Crippen LogP contribution in [0.3, 0.4) is 0 Å². The molecule has 2 heterocycles. The third-order valence-corrected chi connectivity index (χ3v) is 4.21. The number of fused-ring (bicyclic) bond motifs is 1. The lowest BCUT2D eigenvalue weighted by molar-refractivity contribution is -0.110. The molecule has 2 aliphatic rings. The van der Waals surface area contributed by atoms with Crippen LogP contribution in [-0.4, -0.2) is 23.9 Å². The number of carbonyl (C=O) groups excluding carboxylic acids is 1. The fourth-order valence-electron chi connectivity index (χ4n) is 2.70. The Bertz CT molecular complexity index is 531. The number of anilines is 1. The zero-order valence-electron chi connectivity index (χ0n) is 10.8. The normalized spacial score (nSPS) is 21.2. The van der Waals surface area contributed by atoms with Crippen LogP contribution in [0.5, 0.6) is 0 Å². The first-order valence-electron chi connectivity index (χ1n) is 6.81. The van der Waals surface area contributed by atoms with E-state index in [4.69, 9.17) is 0 Å². The molecule has 1 fully saturated rings. The third-order valence-electron chi connectivity index (χ3n) is 3.72. The molecule has 19 heavy (non-hydrogen) atoms. The van der Waals surface area contributed by atoms with Crippen molar-refractivity contribution in [3.63, 3.8) is 0 Å². The van der Waals surface area contributed by atoms with E-state index in [9.17, 15) is 4.79 Å². The van der Waals surface area contributed by atoms with Crippen LogP contribution in [-0.2, 0) is 4.79 Å². The Balaban J connectivity index is 1.92. The summed E-state index contributed by atoms with van der Waals surface area (Å²) in [6.45, 7) is 2.11. The Labute approximate surface area is 121 Å². The van der Waals surface area contributed by atoms with E-state index in [2.05, 4.69) is 26.1 Å². The number of halogens is 1. The van der Waals surface area contributed by atoms with Crippen molar-refractivity contribution in [1.29, 1.82) is 0 Å². The number of hydrogen-bond donors (Lipinski definition) is 1. The topological polar surface area (TPSA) is 32.3 Å². The predicted molar refractivity (Wildman–Crippen MR) is 80.8 cm³/mol. The number of carbonyl (C=O) groups is 1. The van der Waals surface area contributed by atoms with Gasteiger partial charge in [-0.15, -0.1) is 0 Å². The Kier molecular flexibility index (Phi) is 3.60. The van der Waals surface area contributed by atoms with Gasteiger partial charge in [-0.05, 0) is 31.0 Å². The van der Waals surface area contributed by atoms with E-state index in [0.717, 1.165) is 34.4 Å². The number of hydrogen-bond acceptors (Lipinski definition) is 2.